The first-order valence-corrected chi connectivity index (χ1v) is 5.12. The second-order valence-electron chi connectivity index (χ2n) is 4.12. The molecule has 0 bridgehead atoms. The third-order valence-electron chi connectivity index (χ3n) is 2.38. The Morgan fingerprint density at radius 2 is 2.18 bits per heavy atom. The SMILES string of the molecule is C[C@H](O)CN1CC(C(N)=O)OC(C(F)(F)F)C1. The Kier molecular flexibility index (Phi) is 4.34. The summed E-state index contributed by atoms with van der Waals surface area (Å²) in [7, 11) is 0. The van der Waals surface area contributed by atoms with Gasteiger partial charge in [-0.1, -0.05) is 0 Å². The molecule has 17 heavy (non-hydrogen) atoms. The van der Waals surface area contributed by atoms with E-state index in [0.717, 1.165) is 0 Å². The Labute approximate surface area is 96.3 Å². The van der Waals surface area contributed by atoms with Crippen LogP contribution in [-0.4, -0.2) is 60.0 Å². The van der Waals surface area contributed by atoms with Gasteiger partial charge in [0, 0.05) is 19.6 Å². The number of halogens is 3. The number of aliphatic hydroxyl groups excluding tert-OH is 1. The quantitative estimate of drug-likeness (QED) is 0.712. The number of aliphatic hydroxyl groups is 1. The number of nitrogens with two attached hydrogens (primary N) is 1. The van der Waals surface area contributed by atoms with Crippen LogP contribution >= 0.6 is 0 Å². The van der Waals surface area contributed by atoms with Gasteiger partial charge in [0.05, 0.1) is 6.10 Å². The average molecular weight is 256 g/mol. The van der Waals surface area contributed by atoms with E-state index in [-0.39, 0.29) is 13.1 Å². The van der Waals surface area contributed by atoms with Gasteiger partial charge in [-0.2, -0.15) is 13.2 Å². The second kappa shape index (κ2) is 5.19. The summed E-state index contributed by atoms with van der Waals surface area (Å²) in [6.07, 6.45) is -8.68. The highest BCUT2D eigenvalue weighted by molar-refractivity contribution is 5.79. The number of rotatable bonds is 3. The molecule has 0 aromatic rings. The number of nitrogens with zero attached hydrogens (tertiary/aromatic N) is 1. The summed E-state index contributed by atoms with van der Waals surface area (Å²) in [5.74, 6) is -0.936. The lowest BCUT2D eigenvalue weighted by molar-refractivity contribution is -0.251. The van der Waals surface area contributed by atoms with Crippen molar-refractivity contribution in [2.45, 2.75) is 31.4 Å². The van der Waals surface area contributed by atoms with Crippen LogP contribution in [0.2, 0.25) is 0 Å². The zero-order chi connectivity index (χ0) is 13.2. The third kappa shape index (κ3) is 4.14. The van der Waals surface area contributed by atoms with E-state index in [1.165, 1.54) is 11.8 Å². The molecule has 0 radical (unpaired) electrons. The van der Waals surface area contributed by atoms with Crippen LogP contribution in [0.5, 0.6) is 0 Å². The summed E-state index contributed by atoms with van der Waals surface area (Å²) in [6.45, 7) is 1.06. The van der Waals surface area contributed by atoms with Crippen molar-refractivity contribution in [2.24, 2.45) is 5.73 Å². The number of ether oxygens (including phenoxy) is 1. The van der Waals surface area contributed by atoms with Crippen LogP contribution in [0.15, 0.2) is 0 Å². The average Bonchev–Trinajstić information content (AvgIpc) is 2.14. The van der Waals surface area contributed by atoms with E-state index in [2.05, 4.69) is 4.74 Å². The Balaban J connectivity index is 2.72. The van der Waals surface area contributed by atoms with Gasteiger partial charge >= 0.3 is 6.18 Å². The van der Waals surface area contributed by atoms with Crippen molar-refractivity contribution in [1.29, 1.82) is 0 Å². The molecule has 0 spiro atoms. The summed E-state index contributed by atoms with van der Waals surface area (Å²) in [5.41, 5.74) is 4.95. The molecule has 1 heterocycles. The zero-order valence-electron chi connectivity index (χ0n) is 9.28. The van der Waals surface area contributed by atoms with Crippen molar-refractivity contribution in [1.82, 2.24) is 4.90 Å². The molecule has 0 saturated carbocycles. The number of amides is 1. The summed E-state index contributed by atoms with van der Waals surface area (Å²) in [5, 5.41) is 9.14. The fraction of sp³-hybridized carbons (Fsp3) is 0.889. The molecule has 100 valence electrons. The maximum Gasteiger partial charge on any atom is 0.415 e. The van der Waals surface area contributed by atoms with Crippen molar-refractivity contribution in [3.05, 3.63) is 0 Å². The smallest absolute Gasteiger partial charge is 0.392 e. The molecule has 0 aliphatic carbocycles. The van der Waals surface area contributed by atoms with Gasteiger partial charge in [0.1, 0.15) is 6.10 Å². The number of hydrogen-bond acceptors (Lipinski definition) is 4. The maximum atomic E-state index is 12.5. The zero-order valence-corrected chi connectivity index (χ0v) is 9.28. The molecule has 8 heteroatoms. The Hall–Kier alpha value is -0.860. The second-order valence-corrected chi connectivity index (χ2v) is 4.12. The molecule has 1 amide bonds. The van der Waals surface area contributed by atoms with E-state index in [1.54, 1.807) is 0 Å². The molecule has 0 aromatic carbocycles. The molecule has 3 atom stereocenters. The normalized spacial score (nSPS) is 29.0. The molecule has 0 aromatic heterocycles. The predicted molar refractivity (Wildman–Crippen MR) is 52.0 cm³/mol. The van der Waals surface area contributed by atoms with Gasteiger partial charge in [-0.15, -0.1) is 0 Å². The Morgan fingerprint density at radius 3 is 2.59 bits per heavy atom. The first-order valence-electron chi connectivity index (χ1n) is 5.12. The molecule has 1 rings (SSSR count). The molecule has 1 aliphatic rings. The van der Waals surface area contributed by atoms with Crippen LogP contribution < -0.4 is 5.73 Å². The topological polar surface area (TPSA) is 75.8 Å². The van der Waals surface area contributed by atoms with Crippen molar-refractivity contribution >= 4 is 5.91 Å². The molecule has 1 fully saturated rings. The third-order valence-corrected chi connectivity index (χ3v) is 2.38. The summed E-state index contributed by atoms with van der Waals surface area (Å²) in [6, 6.07) is 0. The van der Waals surface area contributed by atoms with E-state index in [0.29, 0.717) is 0 Å². The van der Waals surface area contributed by atoms with Gasteiger partial charge in [0.25, 0.3) is 0 Å². The predicted octanol–water partition coefficient (Wildman–Crippen LogP) is -0.516. The number of alkyl halides is 3. The fourth-order valence-corrected chi connectivity index (χ4v) is 1.69. The van der Waals surface area contributed by atoms with Crippen LogP contribution in [0.4, 0.5) is 13.2 Å². The van der Waals surface area contributed by atoms with Crippen LogP contribution in [0.3, 0.4) is 0 Å². The van der Waals surface area contributed by atoms with Crippen molar-refractivity contribution in [2.75, 3.05) is 19.6 Å². The first kappa shape index (κ1) is 14.2. The number of carbonyl (C=O) groups excluding carboxylic acids is 1. The highest BCUT2D eigenvalue weighted by atomic mass is 19.4. The maximum absolute atomic E-state index is 12.5. The molecule has 3 N–H and O–H groups in total. The van der Waals surface area contributed by atoms with Crippen molar-refractivity contribution < 1.29 is 27.8 Å². The lowest BCUT2D eigenvalue weighted by atomic mass is 10.2. The number of β-amino-alcohol motifs (C(OH)–C–C–N with tert-alkyl or cyclic N) is 1. The van der Waals surface area contributed by atoms with Gasteiger partial charge < -0.3 is 15.6 Å². The standard InChI is InChI=1S/C9H15F3N2O3/c1-5(15)2-14-3-6(8(13)16)17-7(4-14)9(10,11)12/h5-7,15H,2-4H2,1H3,(H2,13,16)/t5-,6?,7?/m0/s1. The van der Waals surface area contributed by atoms with Gasteiger partial charge in [-0.25, -0.2) is 0 Å². The molecule has 5 nitrogen and oxygen atoms in total. The van der Waals surface area contributed by atoms with E-state index in [9.17, 15) is 18.0 Å². The van der Waals surface area contributed by atoms with Crippen LogP contribution in [0.25, 0.3) is 0 Å². The van der Waals surface area contributed by atoms with Gasteiger partial charge in [0.15, 0.2) is 6.10 Å². The lowest BCUT2D eigenvalue weighted by Crippen LogP contribution is -2.57. The number of morpholine rings is 1. The first-order chi connectivity index (χ1) is 7.70. The van der Waals surface area contributed by atoms with Gasteiger partial charge in [0.2, 0.25) is 5.91 Å². The fourth-order valence-electron chi connectivity index (χ4n) is 1.69. The van der Waals surface area contributed by atoms with Gasteiger partial charge in [-0.3, -0.25) is 9.69 Å². The molecule has 1 aliphatic heterocycles. The minimum absolute atomic E-state index is 0.0349. The monoisotopic (exact) mass is 256 g/mol. The Bertz CT molecular complexity index is 283. The van der Waals surface area contributed by atoms with E-state index < -0.39 is 36.9 Å². The van der Waals surface area contributed by atoms with E-state index in [4.69, 9.17) is 10.8 Å². The highest BCUT2D eigenvalue weighted by Crippen LogP contribution is 2.27. The van der Waals surface area contributed by atoms with E-state index >= 15 is 0 Å². The van der Waals surface area contributed by atoms with Crippen molar-refractivity contribution in [3.8, 4) is 0 Å². The molecule has 2 unspecified atom stereocenters. The summed E-state index contributed by atoms with van der Waals surface area (Å²) >= 11 is 0. The minimum Gasteiger partial charge on any atom is -0.392 e. The van der Waals surface area contributed by atoms with Crippen LogP contribution in [-0.2, 0) is 9.53 Å². The summed E-state index contributed by atoms with van der Waals surface area (Å²) in [4.78, 5) is 12.2. The van der Waals surface area contributed by atoms with Gasteiger partial charge in [-0.05, 0) is 6.92 Å². The van der Waals surface area contributed by atoms with Crippen LogP contribution in [0, 0.1) is 0 Å². The van der Waals surface area contributed by atoms with E-state index in [1.807, 2.05) is 0 Å². The molecule has 1 saturated heterocycles. The minimum atomic E-state index is -4.55. The highest BCUT2D eigenvalue weighted by Gasteiger charge is 2.46. The molecular formula is C9H15F3N2O3. The Morgan fingerprint density at radius 1 is 1.59 bits per heavy atom. The summed E-state index contributed by atoms with van der Waals surface area (Å²) < 4.78 is 42.2. The number of hydrogen-bond donors (Lipinski definition) is 2. The number of carbonyl (C=O) groups is 1. The van der Waals surface area contributed by atoms with Crippen LogP contribution in [0.1, 0.15) is 6.92 Å². The largest absolute Gasteiger partial charge is 0.415 e. The van der Waals surface area contributed by atoms with Crippen molar-refractivity contribution in [3.63, 3.8) is 0 Å². The molecular weight excluding hydrogens is 241 g/mol. The number of primary amides is 1. The lowest BCUT2D eigenvalue weighted by Gasteiger charge is -2.37.